The number of allylic oxidation sites excluding steroid dienone is 1. The van der Waals surface area contributed by atoms with E-state index in [0.717, 1.165) is 30.6 Å². The molecule has 0 bridgehead atoms. The molecule has 1 aromatic rings. The first-order chi connectivity index (χ1) is 8.24. The second kappa shape index (κ2) is 5.53. The van der Waals surface area contributed by atoms with E-state index in [1.807, 2.05) is 12.1 Å². The summed E-state index contributed by atoms with van der Waals surface area (Å²) in [5, 5.41) is 8.73. The largest absolute Gasteiger partial charge is 0.486 e. The van der Waals surface area contributed by atoms with Crippen molar-refractivity contribution >= 4 is 5.97 Å². The lowest BCUT2D eigenvalue weighted by Crippen LogP contribution is -2.15. The minimum atomic E-state index is -0.820. The number of benzene rings is 1. The summed E-state index contributed by atoms with van der Waals surface area (Å²) in [6, 6.07) is 7.31. The standard InChI is InChI=1S/C14H16O3/c15-14(16)10-11-5-4-8-13(9-11)17-12-6-2-1-3-7-12/h2,4-6,8-9,12H,1,3,7,10H2,(H,15,16). The summed E-state index contributed by atoms with van der Waals surface area (Å²) in [5.41, 5.74) is 0.773. The molecule has 0 saturated heterocycles. The van der Waals surface area contributed by atoms with E-state index in [4.69, 9.17) is 9.84 Å². The predicted molar refractivity (Wildman–Crippen MR) is 65.2 cm³/mol. The monoisotopic (exact) mass is 232 g/mol. The molecule has 0 aliphatic heterocycles. The molecular weight excluding hydrogens is 216 g/mol. The predicted octanol–water partition coefficient (Wildman–Crippen LogP) is 2.80. The molecular formula is C14H16O3. The highest BCUT2D eigenvalue weighted by Crippen LogP contribution is 2.20. The number of carboxylic acid groups (broad SMARTS) is 1. The lowest BCUT2D eigenvalue weighted by Gasteiger charge is -2.18. The van der Waals surface area contributed by atoms with Gasteiger partial charge in [0.2, 0.25) is 0 Å². The Morgan fingerprint density at radius 3 is 3.06 bits per heavy atom. The number of carboxylic acids is 1. The summed E-state index contributed by atoms with van der Waals surface area (Å²) in [7, 11) is 0. The summed E-state index contributed by atoms with van der Waals surface area (Å²) in [5.74, 6) is -0.0694. The molecule has 1 unspecified atom stereocenters. The molecule has 2 rings (SSSR count). The van der Waals surface area contributed by atoms with Gasteiger partial charge in [0.1, 0.15) is 11.9 Å². The van der Waals surface area contributed by atoms with Gasteiger partial charge in [0, 0.05) is 0 Å². The molecule has 3 heteroatoms. The smallest absolute Gasteiger partial charge is 0.307 e. The van der Waals surface area contributed by atoms with Crippen molar-refractivity contribution in [3.05, 3.63) is 42.0 Å². The highest BCUT2D eigenvalue weighted by Gasteiger charge is 2.10. The van der Waals surface area contributed by atoms with Crippen LogP contribution in [0.5, 0.6) is 5.75 Å². The van der Waals surface area contributed by atoms with Crippen molar-refractivity contribution in [3.8, 4) is 5.75 Å². The third-order valence-electron chi connectivity index (χ3n) is 2.75. The van der Waals surface area contributed by atoms with E-state index in [2.05, 4.69) is 12.2 Å². The lowest BCUT2D eigenvalue weighted by atomic mass is 10.1. The van der Waals surface area contributed by atoms with E-state index >= 15 is 0 Å². The molecule has 17 heavy (non-hydrogen) atoms. The highest BCUT2D eigenvalue weighted by molar-refractivity contribution is 5.70. The first-order valence-electron chi connectivity index (χ1n) is 5.88. The second-order valence-electron chi connectivity index (χ2n) is 4.23. The Balaban J connectivity index is 2.02. The van der Waals surface area contributed by atoms with E-state index < -0.39 is 5.97 Å². The molecule has 0 saturated carbocycles. The number of hydrogen-bond acceptors (Lipinski definition) is 2. The van der Waals surface area contributed by atoms with Crippen molar-refractivity contribution in [2.45, 2.75) is 31.8 Å². The zero-order chi connectivity index (χ0) is 12.1. The molecule has 90 valence electrons. The van der Waals surface area contributed by atoms with Crippen LogP contribution >= 0.6 is 0 Å². The third kappa shape index (κ3) is 3.63. The minimum Gasteiger partial charge on any atom is -0.486 e. The molecule has 1 aliphatic carbocycles. The van der Waals surface area contributed by atoms with Crippen LogP contribution in [0.2, 0.25) is 0 Å². The van der Waals surface area contributed by atoms with Crippen LogP contribution in [0.1, 0.15) is 24.8 Å². The Labute approximate surface area is 101 Å². The van der Waals surface area contributed by atoms with Crippen molar-refractivity contribution in [1.29, 1.82) is 0 Å². The van der Waals surface area contributed by atoms with Gasteiger partial charge in [-0.05, 0) is 43.0 Å². The van der Waals surface area contributed by atoms with Crippen LogP contribution in [0.15, 0.2) is 36.4 Å². The molecule has 0 aromatic heterocycles. The van der Waals surface area contributed by atoms with Gasteiger partial charge in [-0.3, -0.25) is 4.79 Å². The summed E-state index contributed by atoms with van der Waals surface area (Å²) >= 11 is 0. The van der Waals surface area contributed by atoms with Gasteiger partial charge < -0.3 is 9.84 Å². The van der Waals surface area contributed by atoms with Crippen LogP contribution in [0.4, 0.5) is 0 Å². The van der Waals surface area contributed by atoms with Crippen LogP contribution in [0, 0.1) is 0 Å². The second-order valence-corrected chi connectivity index (χ2v) is 4.23. The maximum atomic E-state index is 10.6. The minimum absolute atomic E-state index is 0.0394. The molecule has 0 heterocycles. The van der Waals surface area contributed by atoms with Crippen molar-refractivity contribution in [1.82, 2.24) is 0 Å². The van der Waals surface area contributed by atoms with Crippen LogP contribution in [-0.2, 0) is 11.2 Å². The Kier molecular flexibility index (Phi) is 3.81. The number of rotatable bonds is 4. The summed E-state index contributed by atoms with van der Waals surface area (Å²) in [6.45, 7) is 0. The van der Waals surface area contributed by atoms with Gasteiger partial charge in [-0.2, -0.15) is 0 Å². The zero-order valence-electron chi connectivity index (χ0n) is 9.63. The number of aliphatic carboxylic acids is 1. The molecule has 1 N–H and O–H groups in total. The summed E-state index contributed by atoms with van der Waals surface area (Å²) in [4.78, 5) is 10.6. The normalized spacial score (nSPS) is 18.9. The quantitative estimate of drug-likeness (QED) is 0.812. The molecule has 1 atom stereocenters. The van der Waals surface area contributed by atoms with Crippen molar-refractivity contribution in [3.63, 3.8) is 0 Å². The summed E-state index contributed by atoms with van der Waals surface area (Å²) < 4.78 is 5.80. The van der Waals surface area contributed by atoms with E-state index in [1.165, 1.54) is 0 Å². The third-order valence-corrected chi connectivity index (χ3v) is 2.75. The highest BCUT2D eigenvalue weighted by atomic mass is 16.5. The number of carbonyl (C=O) groups is 1. The van der Waals surface area contributed by atoms with Crippen LogP contribution < -0.4 is 4.74 Å². The number of ether oxygens (including phenoxy) is 1. The maximum absolute atomic E-state index is 10.6. The maximum Gasteiger partial charge on any atom is 0.307 e. The topological polar surface area (TPSA) is 46.5 Å². The van der Waals surface area contributed by atoms with Gasteiger partial charge in [-0.1, -0.05) is 18.2 Å². The Morgan fingerprint density at radius 2 is 2.35 bits per heavy atom. The zero-order valence-corrected chi connectivity index (χ0v) is 9.63. The van der Waals surface area contributed by atoms with Gasteiger partial charge in [0.05, 0.1) is 6.42 Å². The molecule has 1 aliphatic rings. The first-order valence-corrected chi connectivity index (χ1v) is 5.88. The van der Waals surface area contributed by atoms with Crippen molar-refractivity contribution in [2.75, 3.05) is 0 Å². The van der Waals surface area contributed by atoms with Gasteiger partial charge in [0.15, 0.2) is 0 Å². The average Bonchev–Trinajstić information content (AvgIpc) is 2.30. The SMILES string of the molecule is O=C(O)Cc1cccc(OC2C=CCCC2)c1. The van der Waals surface area contributed by atoms with Crippen LogP contribution in [0.3, 0.4) is 0 Å². The number of hydrogen-bond donors (Lipinski definition) is 1. The Morgan fingerprint density at radius 1 is 1.47 bits per heavy atom. The fraction of sp³-hybridized carbons (Fsp3) is 0.357. The molecule has 0 spiro atoms. The molecule has 0 fully saturated rings. The van der Waals surface area contributed by atoms with E-state index in [0.29, 0.717) is 0 Å². The molecule has 1 aromatic carbocycles. The Bertz CT molecular complexity index is 423. The average molecular weight is 232 g/mol. The first kappa shape index (κ1) is 11.7. The fourth-order valence-corrected chi connectivity index (χ4v) is 1.96. The van der Waals surface area contributed by atoms with Gasteiger partial charge in [-0.25, -0.2) is 0 Å². The van der Waals surface area contributed by atoms with Crippen molar-refractivity contribution < 1.29 is 14.6 Å². The van der Waals surface area contributed by atoms with Crippen molar-refractivity contribution in [2.24, 2.45) is 0 Å². The summed E-state index contributed by atoms with van der Waals surface area (Å²) in [6.07, 6.45) is 7.68. The molecule has 0 amide bonds. The molecule has 3 nitrogen and oxygen atoms in total. The lowest BCUT2D eigenvalue weighted by molar-refractivity contribution is -0.136. The van der Waals surface area contributed by atoms with E-state index in [9.17, 15) is 4.79 Å². The van der Waals surface area contributed by atoms with E-state index in [1.54, 1.807) is 12.1 Å². The fourth-order valence-electron chi connectivity index (χ4n) is 1.96. The Hall–Kier alpha value is -1.77. The molecule has 0 radical (unpaired) electrons. The van der Waals surface area contributed by atoms with Gasteiger partial charge in [-0.15, -0.1) is 0 Å². The van der Waals surface area contributed by atoms with Gasteiger partial charge in [0.25, 0.3) is 0 Å². The van der Waals surface area contributed by atoms with Gasteiger partial charge >= 0.3 is 5.97 Å². The van der Waals surface area contributed by atoms with E-state index in [-0.39, 0.29) is 12.5 Å². The van der Waals surface area contributed by atoms with Crippen LogP contribution in [0.25, 0.3) is 0 Å². The van der Waals surface area contributed by atoms with Crippen LogP contribution in [-0.4, -0.2) is 17.2 Å².